The van der Waals surface area contributed by atoms with E-state index in [1.165, 1.54) is 29.0 Å². The topological polar surface area (TPSA) is 46.5 Å². The Hall–Kier alpha value is -2.73. The summed E-state index contributed by atoms with van der Waals surface area (Å²) in [5, 5.41) is 0. The van der Waals surface area contributed by atoms with Crippen LogP contribution in [0.5, 0.6) is 11.5 Å². The molecular weight excluding hydrogens is 378 g/mol. The van der Waals surface area contributed by atoms with Crippen molar-refractivity contribution in [2.75, 3.05) is 51.8 Å². The van der Waals surface area contributed by atoms with Crippen molar-refractivity contribution in [2.45, 2.75) is 25.4 Å². The molecular formula is C24H32N3O3+. The number of amides is 1. The lowest BCUT2D eigenvalue weighted by atomic mass is 10.2. The Morgan fingerprint density at radius 1 is 0.900 bits per heavy atom. The van der Waals surface area contributed by atoms with Crippen molar-refractivity contribution in [2.24, 2.45) is 0 Å². The van der Waals surface area contributed by atoms with E-state index in [9.17, 15) is 4.79 Å². The van der Waals surface area contributed by atoms with Crippen LogP contribution < -0.4 is 19.3 Å². The molecule has 4 rings (SSSR count). The first kappa shape index (κ1) is 20.5. The summed E-state index contributed by atoms with van der Waals surface area (Å²) in [4.78, 5) is 18.8. The van der Waals surface area contributed by atoms with Gasteiger partial charge in [0, 0.05) is 50.3 Å². The molecule has 2 aromatic carbocycles. The van der Waals surface area contributed by atoms with Crippen LogP contribution in [-0.2, 0) is 11.3 Å². The first-order chi connectivity index (χ1) is 14.7. The van der Waals surface area contributed by atoms with Gasteiger partial charge in [-0.05, 0) is 48.5 Å². The van der Waals surface area contributed by atoms with Crippen LogP contribution in [0.1, 0.15) is 18.4 Å². The second kappa shape index (κ2) is 9.39. The minimum absolute atomic E-state index is 0.278. The second-order valence-corrected chi connectivity index (χ2v) is 8.20. The predicted molar refractivity (Wildman–Crippen MR) is 117 cm³/mol. The van der Waals surface area contributed by atoms with Gasteiger partial charge in [-0.2, -0.15) is 0 Å². The van der Waals surface area contributed by atoms with E-state index in [2.05, 4.69) is 29.2 Å². The Balaban J connectivity index is 1.30. The maximum absolute atomic E-state index is 13.0. The number of carbonyl (C=O) groups excluding carboxylic acids is 1. The minimum Gasteiger partial charge on any atom is -0.497 e. The summed E-state index contributed by atoms with van der Waals surface area (Å²) in [6.07, 6.45) is 2.45. The highest BCUT2D eigenvalue weighted by Gasteiger charge is 2.36. The van der Waals surface area contributed by atoms with E-state index in [1.807, 2.05) is 29.2 Å². The molecule has 1 heterocycles. The number of rotatable bonds is 8. The van der Waals surface area contributed by atoms with Gasteiger partial charge in [-0.15, -0.1) is 0 Å². The molecule has 2 aromatic rings. The van der Waals surface area contributed by atoms with Crippen molar-refractivity contribution >= 4 is 11.6 Å². The third-order valence-electron chi connectivity index (χ3n) is 6.19. The van der Waals surface area contributed by atoms with Crippen LogP contribution in [0.2, 0.25) is 0 Å². The summed E-state index contributed by atoms with van der Waals surface area (Å²) in [6, 6.07) is 17.0. The average molecular weight is 411 g/mol. The fraction of sp³-hybridized carbons (Fsp3) is 0.458. The number of hydrogen-bond donors (Lipinski definition) is 1. The molecule has 1 amide bonds. The lowest BCUT2D eigenvalue weighted by molar-refractivity contribution is -0.917. The molecule has 0 aromatic heterocycles. The summed E-state index contributed by atoms with van der Waals surface area (Å²) in [7, 11) is 3.37. The number of piperazine rings is 1. The molecule has 0 bridgehead atoms. The van der Waals surface area contributed by atoms with Gasteiger partial charge in [-0.3, -0.25) is 4.79 Å². The molecule has 1 aliphatic carbocycles. The number of ether oxygens (including phenoxy) is 2. The summed E-state index contributed by atoms with van der Waals surface area (Å²) in [6.45, 7) is 4.78. The van der Waals surface area contributed by atoms with Crippen LogP contribution in [0.3, 0.4) is 0 Å². The van der Waals surface area contributed by atoms with Crippen LogP contribution in [-0.4, -0.2) is 63.8 Å². The van der Waals surface area contributed by atoms with Crippen molar-refractivity contribution in [3.8, 4) is 11.5 Å². The van der Waals surface area contributed by atoms with E-state index in [4.69, 9.17) is 9.47 Å². The third-order valence-corrected chi connectivity index (χ3v) is 6.19. The number of hydrogen-bond acceptors (Lipinski definition) is 4. The summed E-state index contributed by atoms with van der Waals surface area (Å²) in [5.41, 5.74) is 2.45. The number of nitrogens with one attached hydrogen (secondary N) is 1. The fourth-order valence-electron chi connectivity index (χ4n) is 4.16. The van der Waals surface area contributed by atoms with E-state index in [-0.39, 0.29) is 5.91 Å². The van der Waals surface area contributed by atoms with Gasteiger partial charge in [0.25, 0.3) is 5.91 Å². The number of anilines is 1. The van der Waals surface area contributed by atoms with Crippen LogP contribution in [0.4, 0.5) is 5.69 Å². The van der Waals surface area contributed by atoms with Crippen molar-refractivity contribution in [3.05, 3.63) is 54.1 Å². The molecule has 2 aliphatic rings. The lowest BCUT2D eigenvalue weighted by Crippen LogP contribution is -3.13. The monoisotopic (exact) mass is 410 g/mol. The zero-order chi connectivity index (χ0) is 20.9. The molecule has 30 heavy (non-hydrogen) atoms. The van der Waals surface area contributed by atoms with E-state index >= 15 is 0 Å². The molecule has 2 fully saturated rings. The van der Waals surface area contributed by atoms with Gasteiger partial charge >= 0.3 is 0 Å². The van der Waals surface area contributed by atoms with Crippen molar-refractivity contribution in [1.82, 2.24) is 4.90 Å². The van der Waals surface area contributed by atoms with E-state index in [0.29, 0.717) is 12.6 Å². The van der Waals surface area contributed by atoms with Gasteiger partial charge in [-0.25, -0.2) is 0 Å². The van der Waals surface area contributed by atoms with Crippen molar-refractivity contribution < 1.29 is 19.2 Å². The molecule has 1 N–H and O–H groups in total. The zero-order valence-corrected chi connectivity index (χ0v) is 18.0. The molecule has 1 saturated heterocycles. The number of carbonyl (C=O) groups is 1. The Morgan fingerprint density at radius 2 is 1.47 bits per heavy atom. The van der Waals surface area contributed by atoms with Crippen molar-refractivity contribution in [1.29, 1.82) is 0 Å². The smallest absolute Gasteiger partial charge is 0.277 e. The molecule has 0 radical (unpaired) electrons. The Kier molecular flexibility index (Phi) is 6.43. The molecule has 1 unspecified atom stereocenters. The predicted octanol–water partition coefficient (Wildman–Crippen LogP) is 1.60. The molecule has 1 aliphatic heterocycles. The van der Waals surface area contributed by atoms with Gasteiger partial charge in [-0.1, -0.05) is 0 Å². The fourth-order valence-corrected chi connectivity index (χ4v) is 4.16. The van der Waals surface area contributed by atoms with Gasteiger partial charge in [0.2, 0.25) is 0 Å². The maximum Gasteiger partial charge on any atom is 0.277 e. The van der Waals surface area contributed by atoms with Crippen LogP contribution in [0.15, 0.2) is 48.5 Å². The van der Waals surface area contributed by atoms with Gasteiger partial charge in [0.05, 0.1) is 20.3 Å². The quantitative estimate of drug-likeness (QED) is 0.718. The van der Waals surface area contributed by atoms with Crippen molar-refractivity contribution in [3.63, 3.8) is 0 Å². The SMILES string of the molecule is COc1ccc(C[NH+](CC(=O)N2CCN(c3ccc(OC)cc3)CC2)C2CC2)cc1. The largest absolute Gasteiger partial charge is 0.497 e. The molecule has 160 valence electrons. The lowest BCUT2D eigenvalue weighted by Gasteiger charge is -2.36. The second-order valence-electron chi connectivity index (χ2n) is 8.20. The van der Waals surface area contributed by atoms with Gasteiger partial charge in [0.15, 0.2) is 6.54 Å². The Labute approximate surface area is 179 Å². The van der Waals surface area contributed by atoms with E-state index in [1.54, 1.807) is 14.2 Å². The van der Waals surface area contributed by atoms with E-state index in [0.717, 1.165) is 44.2 Å². The molecule has 0 spiro atoms. The number of quaternary nitrogens is 1. The van der Waals surface area contributed by atoms with Crippen LogP contribution in [0, 0.1) is 0 Å². The van der Waals surface area contributed by atoms with Gasteiger partial charge < -0.3 is 24.2 Å². The first-order valence-electron chi connectivity index (χ1n) is 10.8. The highest BCUT2D eigenvalue weighted by molar-refractivity contribution is 5.77. The molecule has 1 atom stereocenters. The zero-order valence-electron chi connectivity index (χ0n) is 18.0. The third kappa shape index (κ3) is 5.05. The normalized spacial score (nSPS) is 17.5. The average Bonchev–Trinajstić information content (AvgIpc) is 3.65. The Morgan fingerprint density at radius 3 is 2.00 bits per heavy atom. The highest BCUT2D eigenvalue weighted by atomic mass is 16.5. The van der Waals surface area contributed by atoms with E-state index < -0.39 is 0 Å². The number of nitrogens with zero attached hydrogens (tertiary/aromatic N) is 2. The highest BCUT2D eigenvalue weighted by Crippen LogP contribution is 2.21. The maximum atomic E-state index is 13.0. The summed E-state index contributed by atoms with van der Waals surface area (Å²) in [5.74, 6) is 2.02. The van der Waals surface area contributed by atoms with Crippen LogP contribution in [0.25, 0.3) is 0 Å². The standard InChI is InChI=1S/C24H31N3O3/c1-29-22-9-3-19(4-10-22)17-27(21-5-6-21)18-24(28)26-15-13-25(14-16-26)20-7-11-23(30-2)12-8-20/h3-4,7-12,21H,5-6,13-18H2,1-2H3/p+1. The number of benzene rings is 2. The molecule has 6 nitrogen and oxygen atoms in total. The first-order valence-corrected chi connectivity index (χ1v) is 10.8. The Bertz CT molecular complexity index is 826. The number of methoxy groups -OCH3 is 2. The summed E-state index contributed by atoms with van der Waals surface area (Å²) >= 11 is 0. The molecule has 1 saturated carbocycles. The molecule has 6 heteroatoms. The summed E-state index contributed by atoms with van der Waals surface area (Å²) < 4.78 is 10.5. The minimum atomic E-state index is 0.278. The van der Waals surface area contributed by atoms with Crippen LogP contribution >= 0.6 is 0 Å². The van der Waals surface area contributed by atoms with Gasteiger partial charge in [0.1, 0.15) is 18.0 Å².